The van der Waals surface area contributed by atoms with Crippen LogP contribution in [0.4, 0.5) is 0 Å². The number of nitrogens with zero attached hydrogens (tertiary/aromatic N) is 2. The summed E-state index contributed by atoms with van der Waals surface area (Å²) in [6, 6.07) is 12.9. The van der Waals surface area contributed by atoms with Crippen molar-refractivity contribution in [3.8, 4) is 11.5 Å². The Morgan fingerprint density at radius 2 is 1.87 bits per heavy atom. The van der Waals surface area contributed by atoms with Gasteiger partial charge in [-0.15, -0.1) is 0 Å². The number of para-hydroxylation sites is 1. The van der Waals surface area contributed by atoms with Crippen LogP contribution in [0.2, 0.25) is 5.02 Å². The van der Waals surface area contributed by atoms with Gasteiger partial charge in [0.25, 0.3) is 5.91 Å². The highest BCUT2D eigenvalue weighted by molar-refractivity contribution is 6.33. The Balaban J connectivity index is 1.78. The summed E-state index contributed by atoms with van der Waals surface area (Å²) in [4.78, 5) is 17.5. The van der Waals surface area contributed by atoms with Crippen LogP contribution in [0.3, 0.4) is 0 Å². The highest BCUT2D eigenvalue weighted by Crippen LogP contribution is 2.32. The number of amides is 1. The number of carbonyl (C=O) groups is 1. The van der Waals surface area contributed by atoms with Crippen molar-refractivity contribution in [1.29, 1.82) is 0 Å². The van der Waals surface area contributed by atoms with Crippen LogP contribution in [-0.2, 0) is 11.3 Å². The molecule has 6 nitrogen and oxygen atoms in total. The van der Waals surface area contributed by atoms with Crippen molar-refractivity contribution in [2.45, 2.75) is 13.0 Å². The Morgan fingerprint density at radius 1 is 1.10 bits per heavy atom. The number of ether oxygens (including phenoxy) is 3. The third-order valence-corrected chi connectivity index (χ3v) is 5.57. The molecular formula is C23H29ClN2O4. The first-order valence-electron chi connectivity index (χ1n) is 10.2. The molecule has 30 heavy (non-hydrogen) atoms. The Hall–Kier alpha value is -2.28. The van der Waals surface area contributed by atoms with Crippen LogP contribution >= 0.6 is 11.6 Å². The molecule has 0 atom stereocenters. The molecule has 1 amide bonds. The minimum atomic E-state index is -0.0903. The zero-order valence-corrected chi connectivity index (χ0v) is 18.4. The number of benzene rings is 2. The molecule has 0 unspecified atom stereocenters. The second-order valence-corrected chi connectivity index (χ2v) is 7.57. The molecule has 1 heterocycles. The van der Waals surface area contributed by atoms with Gasteiger partial charge >= 0.3 is 0 Å². The average molecular weight is 433 g/mol. The number of hydrogen-bond acceptors (Lipinski definition) is 5. The predicted molar refractivity (Wildman–Crippen MR) is 118 cm³/mol. The minimum Gasteiger partial charge on any atom is -0.493 e. The Bertz CT molecular complexity index is 840. The van der Waals surface area contributed by atoms with Crippen LogP contribution in [0.25, 0.3) is 0 Å². The summed E-state index contributed by atoms with van der Waals surface area (Å²) in [6.07, 6.45) is 0.864. The molecule has 1 fully saturated rings. The molecular weight excluding hydrogens is 404 g/mol. The number of halogens is 1. The minimum absolute atomic E-state index is 0.0903. The lowest BCUT2D eigenvalue weighted by molar-refractivity contribution is 0.0355. The average Bonchev–Trinajstić information content (AvgIpc) is 2.78. The van der Waals surface area contributed by atoms with E-state index in [9.17, 15) is 4.79 Å². The number of rotatable bonds is 9. The fraction of sp³-hybridized carbons (Fsp3) is 0.435. The molecule has 0 N–H and O–H groups in total. The van der Waals surface area contributed by atoms with E-state index in [1.807, 2.05) is 35.2 Å². The molecule has 1 aliphatic heterocycles. The van der Waals surface area contributed by atoms with Crippen molar-refractivity contribution in [3.63, 3.8) is 0 Å². The van der Waals surface area contributed by atoms with Crippen LogP contribution in [0.15, 0.2) is 42.5 Å². The molecule has 2 aromatic rings. The summed E-state index contributed by atoms with van der Waals surface area (Å²) in [6.45, 7) is 5.34. The standard InChI is InChI=1S/C23H29ClN2O4/c1-28-21-10-5-7-18(22(21)29-2)17-26(12-6-11-25-13-15-30-16-14-25)23(27)19-8-3-4-9-20(19)24/h3-5,7-10H,6,11-17H2,1-2H3. The molecule has 3 rings (SSSR count). The lowest BCUT2D eigenvalue weighted by atomic mass is 10.1. The summed E-state index contributed by atoms with van der Waals surface area (Å²) in [7, 11) is 3.22. The van der Waals surface area contributed by atoms with Gasteiger partial charge in [0.15, 0.2) is 11.5 Å². The van der Waals surface area contributed by atoms with Crippen LogP contribution < -0.4 is 9.47 Å². The fourth-order valence-electron chi connectivity index (χ4n) is 3.65. The van der Waals surface area contributed by atoms with E-state index in [4.69, 9.17) is 25.8 Å². The van der Waals surface area contributed by atoms with Crippen LogP contribution in [-0.4, -0.2) is 69.3 Å². The third kappa shape index (κ3) is 5.65. The molecule has 0 aromatic heterocycles. The lowest BCUT2D eigenvalue weighted by Gasteiger charge is -2.29. The maximum Gasteiger partial charge on any atom is 0.255 e. The highest BCUT2D eigenvalue weighted by atomic mass is 35.5. The van der Waals surface area contributed by atoms with Gasteiger partial charge in [-0.3, -0.25) is 9.69 Å². The maximum atomic E-state index is 13.3. The molecule has 2 aromatic carbocycles. The van der Waals surface area contributed by atoms with E-state index in [2.05, 4.69) is 4.90 Å². The third-order valence-electron chi connectivity index (χ3n) is 5.24. The molecule has 1 saturated heterocycles. The summed E-state index contributed by atoms with van der Waals surface area (Å²) >= 11 is 6.31. The van der Waals surface area contributed by atoms with Gasteiger partial charge in [-0.2, -0.15) is 0 Å². The van der Waals surface area contributed by atoms with Gasteiger partial charge in [0.05, 0.1) is 38.0 Å². The highest BCUT2D eigenvalue weighted by Gasteiger charge is 2.21. The topological polar surface area (TPSA) is 51.2 Å². The molecule has 0 saturated carbocycles. The lowest BCUT2D eigenvalue weighted by Crippen LogP contribution is -2.39. The molecule has 1 aliphatic rings. The largest absolute Gasteiger partial charge is 0.493 e. The van der Waals surface area contributed by atoms with E-state index in [-0.39, 0.29) is 5.91 Å². The summed E-state index contributed by atoms with van der Waals surface area (Å²) < 4.78 is 16.4. The monoisotopic (exact) mass is 432 g/mol. The second kappa shape index (κ2) is 11.2. The van der Waals surface area contributed by atoms with Crippen molar-refractivity contribution in [2.75, 3.05) is 53.6 Å². The van der Waals surface area contributed by atoms with Gasteiger partial charge < -0.3 is 19.1 Å². The van der Waals surface area contributed by atoms with Gasteiger partial charge in [0.1, 0.15) is 0 Å². The molecule has 0 spiro atoms. The zero-order chi connectivity index (χ0) is 21.3. The fourth-order valence-corrected chi connectivity index (χ4v) is 3.87. The summed E-state index contributed by atoms with van der Waals surface area (Å²) in [5, 5.41) is 0.457. The number of methoxy groups -OCH3 is 2. The zero-order valence-electron chi connectivity index (χ0n) is 17.6. The number of carbonyl (C=O) groups excluding carboxylic acids is 1. The SMILES string of the molecule is COc1cccc(CN(CCCN2CCOCC2)C(=O)c2ccccc2Cl)c1OC. The molecule has 0 radical (unpaired) electrons. The van der Waals surface area contributed by atoms with Crippen molar-refractivity contribution < 1.29 is 19.0 Å². The van der Waals surface area contributed by atoms with Crippen molar-refractivity contribution in [3.05, 3.63) is 58.6 Å². The van der Waals surface area contributed by atoms with E-state index in [1.165, 1.54) is 0 Å². The van der Waals surface area contributed by atoms with Gasteiger partial charge in [0.2, 0.25) is 0 Å². The predicted octanol–water partition coefficient (Wildman–Crippen LogP) is 3.72. The molecule has 0 aliphatic carbocycles. The Morgan fingerprint density at radius 3 is 2.57 bits per heavy atom. The van der Waals surface area contributed by atoms with Crippen LogP contribution in [0, 0.1) is 0 Å². The van der Waals surface area contributed by atoms with E-state index in [1.54, 1.807) is 26.4 Å². The maximum absolute atomic E-state index is 13.3. The number of morpholine rings is 1. The normalized spacial score (nSPS) is 14.4. The Kier molecular flexibility index (Phi) is 8.37. The van der Waals surface area contributed by atoms with Crippen molar-refractivity contribution in [1.82, 2.24) is 9.80 Å². The quantitative estimate of drug-likeness (QED) is 0.604. The first-order valence-corrected chi connectivity index (χ1v) is 10.6. The first-order chi connectivity index (χ1) is 14.6. The smallest absolute Gasteiger partial charge is 0.255 e. The van der Waals surface area contributed by atoms with E-state index in [0.717, 1.165) is 44.8 Å². The van der Waals surface area contributed by atoms with E-state index < -0.39 is 0 Å². The summed E-state index contributed by atoms with van der Waals surface area (Å²) in [5.41, 5.74) is 1.40. The number of hydrogen-bond donors (Lipinski definition) is 0. The molecule has 0 bridgehead atoms. The van der Waals surface area contributed by atoms with Crippen LogP contribution in [0.1, 0.15) is 22.3 Å². The first kappa shape index (κ1) is 22.4. The van der Waals surface area contributed by atoms with E-state index >= 15 is 0 Å². The Labute approximate surface area is 183 Å². The molecule has 162 valence electrons. The van der Waals surface area contributed by atoms with Crippen LogP contribution in [0.5, 0.6) is 11.5 Å². The van der Waals surface area contributed by atoms with Gasteiger partial charge in [-0.1, -0.05) is 35.9 Å². The van der Waals surface area contributed by atoms with Gasteiger partial charge in [-0.25, -0.2) is 0 Å². The van der Waals surface area contributed by atoms with Crippen molar-refractivity contribution in [2.24, 2.45) is 0 Å². The molecule has 7 heteroatoms. The second-order valence-electron chi connectivity index (χ2n) is 7.17. The van der Waals surface area contributed by atoms with Gasteiger partial charge in [-0.05, 0) is 24.6 Å². The van der Waals surface area contributed by atoms with Crippen molar-refractivity contribution >= 4 is 17.5 Å². The van der Waals surface area contributed by atoms with E-state index in [0.29, 0.717) is 35.2 Å². The van der Waals surface area contributed by atoms with Gasteiger partial charge in [0, 0.05) is 38.3 Å². The summed E-state index contributed by atoms with van der Waals surface area (Å²) in [5.74, 6) is 1.20.